The Kier molecular flexibility index (Phi) is 6.18. The van der Waals surface area contributed by atoms with Crippen LogP contribution in [0.15, 0.2) is 45.6 Å². The smallest absolute Gasteiger partial charge is 0.285 e. The zero-order valence-corrected chi connectivity index (χ0v) is 17.6. The predicted octanol–water partition coefficient (Wildman–Crippen LogP) is 4.78. The van der Waals surface area contributed by atoms with Gasteiger partial charge in [-0.25, -0.2) is 4.98 Å². The standard InChI is InChI=1S/C19H19N3O2S3/c1-19(2,3)14-10-25-17(20-14)21-15(23)11-26-18-22-16(24)13(27-18)9-12-7-5-4-6-8-12/h4-10H,11H2,1-3H3,(H,20,21,23). The summed E-state index contributed by atoms with van der Waals surface area (Å²) in [6.45, 7) is 6.24. The van der Waals surface area contributed by atoms with Crippen molar-refractivity contribution >= 4 is 62.3 Å². The Balaban J connectivity index is 1.52. The van der Waals surface area contributed by atoms with Crippen molar-refractivity contribution in [2.75, 3.05) is 11.1 Å². The molecule has 1 N–H and O–H groups in total. The molecule has 0 aliphatic carbocycles. The third-order valence-electron chi connectivity index (χ3n) is 3.54. The maximum absolute atomic E-state index is 12.2. The molecule has 2 heterocycles. The average Bonchev–Trinajstić information content (AvgIpc) is 3.21. The molecule has 0 radical (unpaired) electrons. The normalized spacial score (nSPS) is 15.9. The molecule has 1 aromatic carbocycles. The third-order valence-corrected chi connectivity index (χ3v) is 6.43. The number of carbonyl (C=O) groups is 2. The van der Waals surface area contributed by atoms with Gasteiger partial charge in [0.25, 0.3) is 5.91 Å². The Labute approximate surface area is 170 Å². The van der Waals surface area contributed by atoms with E-state index in [2.05, 4.69) is 36.1 Å². The lowest BCUT2D eigenvalue weighted by Crippen LogP contribution is -2.16. The van der Waals surface area contributed by atoms with Crippen molar-refractivity contribution in [2.45, 2.75) is 26.2 Å². The molecule has 2 aromatic rings. The summed E-state index contributed by atoms with van der Waals surface area (Å²) in [6, 6.07) is 9.62. The number of nitrogens with zero attached hydrogens (tertiary/aromatic N) is 2. The molecule has 1 aromatic heterocycles. The number of nitrogens with one attached hydrogen (secondary N) is 1. The van der Waals surface area contributed by atoms with Gasteiger partial charge >= 0.3 is 0 Å². The molecule has 0 fully saturated rings. The van der Waals surface area contributed by atoms with Crippen LogP contribution in [-0.4, -0.2) is 26.9 Å². The van der Waals surface area contributed by atoms with Gasteiger partial charge < -0.3 is 5.32 Å². The number of aromatic nitrogens is 1. The minimum atomic E-state index is -0.262. The lowest BCUT2D eigenvalue weighted by molar-refractivity contribution is -0.114. The number of anilines is 1. The van der Waals surface area contributed by atoms with Crippen LogP contribution in [-0.2, 0) is 15.0 Å². The fourth-order valence-electron chi connectivity index (χ4n) is 2.11. The summed E-state index contributed by atoms with van der Waals surface area (Å²) in [5.41, 5.74) is 1.85. The van der Waals surface area contributed by atoms with Gasteiger partial charge in [-0.15, -0.1) is 11.3 Å². The quantitative estimate of drug-likeness (QED) is 0.725. The number of aliphatic imine (C=N–C) groups is 1. The first kappa shape index (κ1) is 19.9. The van der Waals surface area contributed by atoms with Crippen molar-refractivity contribution in [3.63, 3.8) is 0 Å². The van der Waals surface area contributed by atoms with Crippen molar-refractivity contribution in [3.8, 4) is 0 Å². The Morgan fingerprint density at radius 1 is 1.26 bits per heavy atom. The second kappa shape index (κ2) is 8.41. The lowest BCUT2D eigenvalue weighted by Gasteiger charge is -2.14. The first-order valence-corrected chi connectivity index (χ1v) is 11.0. The van der Waals surface area contributed by atoms with Crippen LogP contribution < -0.4 is 5.32 Å². The van der Waals surface area contributed by atoms with Crippen LogP contribution in [0.25, 0.3) is 6.08 Å². The highest BCUT2D eigenvalue weighted by molar-refractivity contribution is 8.41. The molecule has 0 saturated heterocycles. The third kappa shape index (κ3) is 5.54. The molecule has 5 nitrogen and oxygen atoms in total. The Hall–Kier alpha value is -1.90. The summed E-state index contributed by atoms with van der Waals surface area (Å²) < 4.78 is 0.590. The van der Waals surface area contributed by atoms with Crippen LogP contribution >= 0.6 is 34.9 Å². The summed E-state index contributed by atoms with van der Waals surface area (Å²) in [5.74, 6) is -0.241. The van der Waals surface area contributed by atoms with E-state index in [9.17, 15) is 9.59 Å². The van der Waals surface area contributed by atoms with Crippen LogP contribution in [0.2, 0.25) is 0 Å². The van der Waals surface area contributed by atoms with E-state index in [-0.39, 0.29) is 23.0 Å². The number of rotatable bonds is 4. The second-order valence-electron chi connectivity index (χ2n) is 6.83. The topological polar surface area (TPSA) is 71.4 Å². The van der Waals surface area contributed by atoms with E-state index in [0.29, 0.717) is 14.4 Å². The number of benzene rings is 1. The van der Waals surface area contributed by atoms with Crippen LogP contribution in [0, 0.1) is 0 Å². The van der Waals surface area contributed by atoms with Crippen LogP contribution in [0.1, 0.15) is 32.0 Å². The molecule has 1 aliphatic rings. The second-order valence-corrected chi connectivity index (χ2v) is 9.94. The van der Waals surface area contributed by atoms with Crippen LogP contribution in [0.3, 0.4) is 0 Å². The predicted molar refractivity (Wildman–Crippen MR) is 116 cm³/mol. The number of thiazole rings is 1. The zero-order valence-electron chi connectivity index (χ0n) is 15.2. The van der Waals surface area contributed by atoms with E-state index in [1.807, 2.05) is 41.8 Å². The highest BCUT2D eigenvalue weighted by Gasteiger charge is 2.23. The van der Waals surface area contributed by atoms with E-state index in [1.54, 1.807) is 0 Å². The average molecular weight is 418 g/mol. The van der Waals surface area contributed by atoms with Crippen molar-refractivity contribution in [1.29, 1.82) is 0 Å². The van der Waals surface area contributed by atoms with Crippen molar-refractivity contribution < 1.29 is 9.59 Å². The number of amides is 2. The Morgan fingerprint density at radius 2 is 2.00 bits per heavy atom. The summed E-state index contributed by atoms with van der Waals surface area (Å²) in [7, 11) is 0. The summed E-state index contributed by atoms with van der Waals surface area (Å²) in [6.07, 6.45) is 1.81. The van der Waals surface area contributed by atoms with Gasteiger partial charge in [-0.1, -0.05) is 74.6 Å². The van der Waals surface area contributed by atoms with Crippen molar-refractivity contribution in [1.82, 2.24) is 4.98 Å². The first-order chi connectivity index (χ1) is 12.8. The number of hydrogen-bond donors (Lipinski definition) is 1. The zero-order chi connectivity index (χ0) is 19.4. The fraction of sp³-hybridized carbons (Fsp3) is 0.263. The number of carbonyl (C=O) groups excluding carboxylic acids is 2. The lowest BCUT2D eigenvalue weighted by atomic mass is 9.93. The van der Waals surface area contributed by atoms with E-state index < -0.39 is 0 Å². The molecule has 0 spiro atoms. The SMILES string of the molecule is CC(C)(C)c1csc(NC(=O)CSC2=NC(=O)C(=Cc3ccccc3)S2)n1. The van der Waals surface area contributed by atoms with Gasteiger partial charge in [0.15, 0.2) is 5.13 Å². The molecule has 3 rings (SSSR count). The van der Waals surface area contributed by atoms with Gasteiger partial charge in [0.2, 0.25) is 5.91 Å². The first-order valence-electron chi connectivity index (χ1n) is 8.27. The molecule has 0 atom stereocenters. The Morgan fingerprint density at radius 3 is 2.67 bits per heavy atom. The van der Waals surface area contributed by atoms with E-state index in [4.69, 9.17) is 0 Å². The molecule has 0 saturated carbocycles. The van der Waals surface area contributed by atoms with Gasteiger partial charge in [-0.3, -0.25) is 9.59 Å². The molecule has 140 valence electrons. The highest BCUT2D eigenvalue weighted by Crippen LogP contribution is 2.34. The number of hydrogen-bond acceptors (Lipinski definition) is 6. The van der Waals surface area contributed by atoms with Crippen molar-refractivity contribution in [2.24, 2.45) is 4.99 Å². The fourth-order valence-corrected chi connectivity index (χ4v) is 4.86. The van der Waals surface area contributed by atoms with Crippen LogP contribution in [0.4, 0.5) is 5.13 Å². The molecule has 8 heteroatoms. The molecular weight excluding hydrogens is 398 g/mol. The van der Waals surface area contributed by atoms with Gasteiger partial charge in [-0.05, 0) is 11.6 Å². The molecule has 27 heavy (non-hydrogen) atoms. The van der Waals surface area contributed by atoms with Gasteiger partial charge in [-0.2, -0.15) is 4.99 Å². The van der Waals surface area contributed by atoms with Gasteiger partial charge in [0, 0.05) is 10.8 Å². The van der Waals surface area contributed by atoms with E-state index >= 15 is 0 Å². The van der Waals surface area contributed by atoms with E-state index in [1.165, 1.54) is 34.9 Å². The maximum Gasteiger partial charge on any atom is 0.285 e. The number of thioether (sulfide) groups is 2. The van der Waals surface area contributed by atoms with Crippen LogP contribution in [0.5, 0.6) is 0 Å². The summed E-state index contributed by atoms with van der Waals surface area (Å²) >= 11 is 3.97. The minimum absolute atomic E-state index is 0.0503. The highest BCUT2D eigenvalue weighted by atomic mass is 32.2. The maximum atomic E-state index is 12.2. The largest absolute Gasteiger partial charge is 0.301 e. The van der Waals surface area contributed by atoms with Crippen molar-refractivity contribution in [3.05, 3.63) is 51.9 Å². The monoisotopic (exact) mass is 417 g/mol. The van der Waals surface area contributed by atoms with E-state index in [0.717, 1.165) is 11.3 Å². The minimum Gasteiger partial charge on any atom is -0.301 e. The summed E-state index contributed by atoms with van der Waals surface area (Å²) in [5, 5.41) is 5.35. The molecular formula is C19H19N3O2S3. The molecule has 0 unspecified atom stereocenters. The molecule has 0 bridgehead atoms. The summed E-state index contributed by atoms with van der Waals surface area (Å²) in [4.78, 5) is 33.2. The van der Waals surface area contributed by atoms with Gasteiger partial charge in [0.05, 0.1) is 16.4 Å². The Bertz CT molecular complexity index is 912. The van der Waals surface area contributed by atoms with Gasteiger partial charge in [0.1, 0.15) is 4.38 Å². The molecule has 2 amide bonds. The molecule has 1 aliphatic heterocycles.